The minimum atomic E-state index is -0.296. The molecule has 0 aliphatic heterocycles. The molecule has 0 saturated carbocycles. The minimum Gasteiger partial charge on any atom is -0.343 e. The van der Waals surface area contributed by atoms with E-state index in [0.29, 0.717) is 17.1 Å². The van der Waals surface area contributed by atoms with Crippen molar-refractivity contribution in [2.45, 2.75) is 13.8 Å². The maximum Gasteiger partial charge on any atom is 0.205 e. The summed E-state index contributed by atoms with van der Waals surface area (Å²) in [6.07, 6.45) is 1.68. The van der Waals surface area contributed by atoms with Crippen LogP contribution in [0.5, 0.6) is 0 Å². The van der Waals surface area contributed by atoms with Gasteiger partial charge in [-0.3, -0.25) is 4.79 Å². The summed E-state index contributed by atoms with van der Waals surface area (Å²) in [6, 6.07) is 14.5. The van der Waals surface area contributed by atoms with Gasteiger partial charge in [0.15, 0.2) is 0 Å². The van der Waals surface area contributed by atoms with Crippen LogP contribution in [0.4, 0.5) is 5.82 Å². The highest BCUT2D eigenvalue weighted by atomic mass is 16.1. The summed E-state index contributed by atoms with van der Waals surface area (Å²) in [5, 5.41) is 12.3. The Morgan fingerprint density at radius 1 is 1.24 bits per heavy atom. The Kier molecular flexibility index (Phi) is 4.47. The lowest BCUT2D eigenvalue weighted by atomic mass is 10.0. The van der Waals surface area contributed by atoms with Gasteiger partial charge in [0.2, 0.25) is 5.78 Å². The highest BCUT2D eigenvalue weighted by Crippen LogP contribution is 2.15. The van der Waals surface area contributed by atoms with Crippen molar-refractivity contribution < 1.29 is 4.79 Å². The highest BCUT2D eigenvalue weighted by Gasteiger charge is 2.15. The van der Waals surface area contributed by atoms with Crippen molar-refractivity contribution in [1.29, 1.82) is 5.26 Å². The molecule has 104 valence electrons. The van der Waals surface area contributed by atoms with Crippen LogP contribution in [0.1, 0.15) is 22.8 Å². The number of nitriles is 1. The van der Waals surface area contributed by atoms with Crippen LogP contribution in [0.25, 0.3) is 0 Å². The smallest absolute Gasteiger partial charge is 0.205 e. The maximum absolute atomic E-state index is 12.3. The molecule has 0 spiro atoms. The van der Waals surface area contributed by atoms with Crippen molar-refractivity contribution in [3.8, 4) is 6.07 Å². The quantitative estimate of drug-likeness (QED) is 0.528. The first-order chi connectivity index (χ1) is 10.1. The van der Waals surface area contributed by atoms with Crippen molar-refractivity contribution in [2.24, 2.45) is 0 Å². The summed E-state index contributed by atoms with van der Waals surface area (Å²) >= 11 is 0. The van der Waals surface area contributed by atoms with Crippen molar-refractivity contribution in [2.75, 3.05) is 5.32 Å². The number of hydrogen-bond donors (Lipinski definition) is 1. The number of nitrogens with one attached hydrogen (secondary N) is 1. The fourth-order valence-corrected chi connectivity index (χ4v) is 1.90. The topological polar surface area (TPSA) is 65.8 Å². The third-order valence-corrected chi connectivity index (χ3v) is 2.98. The van der Waals surface area contributed by atoms with Gasteiger partial charge in [0.1, 0.15) is 17.5 Å². The van der Waals surface area contributed by atoms with Gasteiger partial charge in [-0.1, -0.05) is 30.3 Å². The summed E-state index contributed by atoms with van der Waals surface area (Å²) in [5.74, 6) is 0.317. The Labute approximate surface area is 123 Å². The molecular weight excluding hydrogens is 262 g/mol. The molecule has 0 fully saturated rings. The summed E-state index contributed by atoms with van der Waals surface area (Å²) in [6.45, 7) is 3.65. The van der Waals surface area contributed by atoms with E-state index in [-0.39, 0.29) is 11.4 Å². The van der Waals surface area contributed by atoms with E-state index in [1.165, 1.54) is 0 Å². The molecular formula is C17H15N3O. The number of anilines is 1. The fraction of sp³-hybridized carbons (Fsp3) is 0.118. The molecule has 0 amide bonds. The van der Waals surface area contributed by atoms with Gasteiger partial charge in [-0.25, -0.2) is 4.98 Å². The number of allylic oxidation sites excluding steroid dienone is 2. The number of carbonyl (C=O) groups is 1. The van der Waals surface area contributed by atoms with Crippen LogP contribution in [0.2, 0.25) is 0 Å². The third kappa shape index (κ3) is 3.54. The molecule has 4 heteroatoms. The van der Waals surface area contributed by atoms with Crippen LogP contribution >= 0.6 is 0 Å². The van der Waals surface area contributed by atoms with Crippen LogP contribution in [-0.2, 0) is 0 Å². The van der Waals surface area contributed by atoms with E-state index in [2.05, 4.69) is 10.3 Å². The number of aryl methyl sites for hydroxylation is 1. The minimum absolute atomic E-state index is 0.0875. The maximum atomic E-state index is 12.3. The van der Waals surface area contributed by atoms with E-state index in [4.69, 9.17) is 0 Å². The van der Waals surface area contributed by atoms with Crippen LogP contribution in [0.3, 0.4) is 0 Å². The van der Waals surface area contributed by atoms with Gasteiger partial charge in [-0.15, -0.1) is 0 Å². The SMILES string of the molecule is C/C(Nc1cc(C)ccn1)=C(/C#N)C(=O)c1ccccc1. The Hall–Kier alpha value is -2.93. The highest BCUT2D eigenvalue weighted by molar-refractivity contribution is 6.11. The molecule has 1 N–H and O–H groups in total. The zero-order valence-electron chi connectivity index (χ0n) is 11.9. The van der Waals surface area contributed by atoms with Gasteiger partial charge in [-0.05, 0) is 31.5 Å². The zero-order chi connectivity index (χ0) is 15.2. The van der Waals surface area contributed by atoms with E-state index in [0.717, 1.165) is 5.56 Å². The van der Waals surface area contributed by atoms with E-state index in [1.54, 1.807) is 37.4 Å². The Bertz CT molecular complexity index is 727. The Morgan fingerprint density at radius 3 is 2.57 bits per heavy atom. The molecule has 21 heavy (non-hydrogen) atoms. The molecule has 1 aromatic carbocycles. The predicted molar refractivity (Wildman–Crippen MR) is 81.7 cm³/mol. The first-order valence-electron chi connectivity index (χ1n) is 6.52. The van der Waals surface area contributed by atoms with Crippen LogP contribution in [0, 0.1) is 18.3 Å². The van der Waals surface area contributed by atoms with E-state index in [9.17, 15) is 10.1 Å². The number of aromatic nitrogens is 1. The molecule has 1 aromatic heterocycles. The number of ketones is 1. The van der Waals surface area contributed by atoms with Gasteiger partial charge in [0.25, 0.3) is 0 Å². The van der Waals surface area contributed by atoms with Gasteiger partial charge >= 0.3 is 0 Å². The van der Waals surface area contributed by atoms with Gasteiger partial charge in [0.05, 0.1) is 0 Å². The third-order valence-electron chi connectivity index (χ3n) is 2.98. The lowest BCUT2D eigenvalue weighted by Gasteiger charge is -2.08. The second-order valence-electron chi connectivity index (χ2n) is 4.65. The first-order valence-corrected chi connectivity index (χ1v) is 6.52. The molecule has 2 aromatic rings. The van der Waals surface area contributed by atoms with Crippen LogP contribution in [0.15, 0.2) is 59.9 Å². The summed E-state index contributed by atoms with van der Waals surface area (Å²) in [4.78, 5) is 16.5. The van der Waals surface area contributed by atoms with E-state index >= 15 is 0 Å². The van der Waals surface area contributed by atoms with Gasteiger partial charge in [0, 0.05) is 17.5 Å². The normalized spacial score (nSPS) is 11.3. The molecule has 2 rings (SSSR count). The van der Waals surface area contributed by atoms with Gasteiger partial charge in [-0.2, -0.15) is 5.26 Å². The lowest BCUT2D eigenvalue weighted by Crippen LogP contribution is -2.09. The lowest BCUT2D eigenvalue weighted by molar-refractivity contribution is 0.103. The number of rotatable bonds is 4. The molecule has 0 saturated heterocycles. The predicted octanol–water partition coefficient (Wildman–Crippen LogP) is 3.48. The average Bonchev–Trinajstić information content (AvgIpc) is 2.48. The molecule has 0 unspecified atom stereocenters. The zero-order valence-corrected chi connectivity index (χ0v) is 11.9. The number of pyridine rings is 1. The van der Waals surface area contributed by atoms with Crippen molar-refractivity contribution in [3.05, 3.63) is 71.1 Å². The van der Waals surface area contributed by atoms with E-state index in [1.807, 2.05) is 31.2 Å². The van der Waals surface area contributed by atoms with Crippen LogP contribution < -0.4 is 5.32 Å². The summed E-state index contributed by atoms with van der Waals surface area (Å²) < 4.78 is 0. The van der Waals surface area contributed by atoms with E-state index < -0.39 is 0 Å². The number of nitrogens with zero attached hydrogens (tertiary/aromatic N) is 2. The van der Waals surface area contributed by atoms with Crippen molar-refractivity contribution in [3.63, 3.8) is 0 Å². The second-order valence-corrected chi connectivity index (χ2v) is 4.65. The number of carbonyl (C=O) groups excluding carboxylic acids is 1. The standard InChI is InChI=1S/C17H15N3O/c1-12-8-9-19-16(10-12)20-13(2)15(11-18)17(21)14-6-4-3-5-7-14/h3-10H,1-2H3,(H,19,20)/b15-13+. The molecule has 0 atom stereocenters. The monoisotopic (exact) mass is 277 g/mol. The molecule has 0 bridgehead atoms. The summed E-state index contributed by atoms with van der Waals surface area (Å²) in [7, 11) is 0. The number of benzene rings is 1. The molecule has 0 radical (unpaired) electrons. The largest absolute Gasteiger partial charge is 0.343 e. The van der Waals surface area contributed by atoms with Gasteiger partial charge < -0.3 is 5.32 Å². The van der Waals surface area contributed by atoms with Crippen molar-refractivity contribution in [1.82, 2.24) is 4.98 Å². The Balaban J connectivity index is 2.31. The summed E-state index contributed by atoms with van der Waals surface area (Å²) in [5.41, 5.74) is 2.12. The number of hydrogen-bond acceptors (Lipinski definition) is 4. The first kappa shape index (κ1) is 14.5. The van der Waals surface area contributed by atoms with Crippen LogP contribution in [-0.4, -0.2) is 10.8 Å². The molecule has 4 nitrogen and oxygen atoms in total. The number of Topliss-reactive ketones (excluding diaryl/α,β-unsaturated/α-hetero) is 1. The second kappa shape index (κ2) is 6.49. The fourth-order valence-electron chi connectivity index (χ4n) is 1.90. The Morgan fingerprint density at radius 2 is 1.95 bits per heavy atom. The van der Waals surface area contributed by atoms with Crippen molar-refractivity contribution >= 4 is 11.6 Å². The molecule has 1 heterocycles. The molecule has 0 aliphatic carbocycles. The molecule has 0 aliphatic rings. The average molecular weight is 277 g/mol.